The van der Waals surface area contributed by atoms with Crippen LogP contribution in [0.15, 0.2) is 36.4 Å². The smallest absolute Gasteiger partial charge is 0.319 e. The van der Waals surface area contributed by atoms with Gasteiger partial charge in [0.1, 0.15) is 0 Å². The standard InChI is InChI=1S/C17H18ClN3O2S/c1-10(14-8-9-15(18)24-14)16(22)19-11-2-4-12(5-3-11)20-17(23)21-13-6-7-13/h2-5,8-10,13H,6-7H2,1H3,(H,19,22)(H2,20,21,23). The highest BCUT2D eigenvalue weighted by Gasteiger charge is 2.23. The fourth-order valence-corrected chi connectivity index (χ4v) is 3.27. The van der Waals surface area contributed by atoms with Crippen LogP contribution >= 0.6 is 22.9 Å². The number of thiophene rings is 1. The molecule has 0 spiro atoms. The molecular weight excluding hydrogens is 346 g/mol. The summed E-state index contributed by atoms with van der Waals surface area (Å²) < 4.78 is 0.671. The van der Waals surface area contributed by atoms with Crippen LogP contribution in [0.5, 0.6) is 0 Å². The summed E-state index contributed by atoms with van der Waals surface area (Å²) in [7, 11) is 0. The average Bonchev–Trinajstić information content (AvgIpc) is 3.26. The molecule has 1 saturated carbocycles. The van der Waals surface area contributed by atoms with Crippen molar-refractivity contribution in [1.82, 2.24) is 5.32 Å². The molecule has 1 aliphatic carbocycles. The highest BCUT2D eigenvalue weighted by Crippen LogP contribution is 2.29. The van der Waals surface area contributed by atoms with E-state index >= 15 is 0 Å². The molecule has 3 N–H and O–H groups in total. The molecule has 1 aliphatic rings. The van der Waals surface area contributed by atoms with E-state index in [9.17, 15) is 9.59 Å². The monoisotopic (exact) mass is 363 g/mol. The summed E-state index contributed by atoms with van der Waals surface area (Å²) in [5, 5.41) is 8.49. The van der Waals surface area contributed by atoms with Gasteiger partial charge in [-0.2, -0.15) is 0 Å². The van der Waals surface area contributed by atoms with Crippen LogP contribution in [0.3, 0.4) is 0 Å². The largest absolute Gasteiger partial charge is 0.335 e. The Balaban J connectivity index is 1.55. The number of hydrogen-bond donors (Lipinski definition) is 3. The first-order valence-corrected chi connectivity index (χ1v) is 8.94. The second kappa shape index (κ2) is 7.23. The lowest BCUT2D eigenvalue weighted by molar-refractivity contribution is -0.117. The predicted octanol–water partition coefficient (Wildman–Crippen LogP) is 4.43. The van der Waals surface area contributed by atoms with E-state index in [1.807, 2.05) is 13.0 Å². The fourth-order valence-electron chi connectivity index (χ4n) is 2.16. The van der Waals surface area contributed by atoms with Gasteiger partial charge in [-0.25, -0.2) is 4.79 Å². The molecule has 3 rings (SSSR count). The fraction of sp³-hybridized carbons (Fsp3) is 0.294. The van der Waals surface area contributed by atoms with Crippen molar-refractivity contribution in [1.29, 1.82) is 0 Å². The Bertz CT molecular complexity index is 741. The van der Waals surface area contributed by atoms with Crippen molar-refractivity contribution in [3.63, 3.8) is 0 Å². The molecule has 5 nitrogen and oxygen atoms in total. The van der Waals surface area contributed by atoms with Crippen LogP contribution in [0.1, 0.15) is 30.6 Å². The molecule has 1 heterocycles. The van der Waals surface area contributed by atoms with Crippen LogP contribution < -0.4 is 16.0 Å². The van der Waals surface area contributed by atoms with Gasteiger partial charge in [0.25, 0.3) is 0 Å². The van der Waals surface area contributed by atoms with E-state index in [4.69, 9.17) is 11.6 Å². The zero-order valence-corrected chi connectivity index (χ0v) is 14.7. The molecule has 1 aromatic carbocycles. The zero-order valence-electron chi connectivity index (χ0n) is 13.1. The van der Waals surface area contributed by atoms with Crippen LogP contribution in [0.4, 0.5) is 16.2 Å². The summed E-state index contributed by atoms with van der Waals surface area (Å²) in [6, 6.07) is 10.8. The lowest BCUT2D eigenvalue weighted by Gasteiger charge is -2.11. The van der Waals surface area contributed by atoms with Gasteiger partial charge in [-0.05, 0) is 56.2 Å². The van der Waals surface area contributed by atoms with Crippen LogP contribution in [-0.2, 0) is 4.79 Å². The summed E-state index contributed by atoms with van der Waals surface area (Å²) in [4.78, 5) is 24.9. The van der Waals surface area contributed by atoms with Gasteiger partial charge < -0.3 is 16.0 Å². The van der Waals surface area contributed by atoms with Gasteiger partial charge in [0.05, 0.1) is 10.3 Å². The Labute approximate surface area is 149 Å². The normalized spacial score (nSPS) is 14.8. The number of amides is 3. The summed E-state index contributed by atoms with van der Waals surface area (Å²) in [5.41, 5.74) is 1.37. The maximum absolute atomic E-state index is 12.3. The molecule has 3 amide bonds. The third-order valence-corrected chi connectivity index (χ3v) is 5.15. The lowest BCUT2D eigenvalue weighted by Crippen LogP contribution is -2.30. The minimum Gasteiger partial charge on any atom is -0.335 e. The number of anilines is 2. The van der Waals surface area contributed by atoms with Crippen molar-refractivity contribution < 1.29 is 9.59 Å². The van der Waals surface area contributed by atoms with Crippen LogP contribution in [0.25, 0.3) is 0 Å². The van der Waals surface area contributed by atoms with Crippen molar-refractivity contribution in [2.24, 2.45) is 0 Å². The minimum absolute atomic E-state index is 0.0966. The van der Waals surface area contributed by atoms with Gasteiger partial charge in [0.15, 0.2) is 0 Å². The Hall–Kier alpha value is -2.05. The molecule has 0 radical (unpaired) electrons. The van der Waals surface area contributed by atoms with E-state index in [1.165, 1.54) is 11.3 Å². The number of urea groups is 1. The Morgan fingerprint density at radius 2 is 1.71 bits per heavy atom. The van der Waals surface area contributed by atoms with Gasteiger partial charge in [-0.1, -0.05) is 11.6 Å². The number of hydrogen-bond acceptors (Lipinski definition) is 3. The molecule has 2 aromatic rings. The third-order valence-electron chi connectivity index (χ3n) is 3.74. The maximum Gasteiger partial charge on any atom is 0.319 e. The summed E-state index contributed by atoms with van der Waals surface area (Å²) >= 11 is 7.31. The average molecular weight is 364 g/mol. The van der Waals surface area contributed by atoms with E-state index in [2.05, 4.69) is 16.0 Å². The number of carbonyl (C=O) groups excluding carboxylic acids is 2. The first-order chi connectivity index (χ1) is 11.5. The number of carbonyl (C=O) groups is 2. The molecule has 1 fully saturated rings. The first kappa shape index (κ1) is 16.8. The van der Waals surface area contributed by atoms with E-state index < -0.39 is 0 Å². The highest BCUT2D eigenvalue weighted by atomic mass is 35.5. The highest BCUT2D eigenvalue weighted by molar-refractivity contribution is 7.16. The molecule has 1 aromatic heterocycles. The molecule has 0 bridgehead atoms. The van der Waals surface area contributed by atoms with E-state index in [-0.39, 0.29) is 17.9 Å². The molecule has 1 unspecified atom stereocenters. The van der Waals surface area contributed by atoms with Crippen molar-refractivity contribution in [2.75, 3.05) is 10.6 Å². The lowest BCUT2D eigenvalue weighted by atomic mass is 10.1. The first-order valence-electron chi connectivity index (χ1n) is 7.75. The van der Waals surface area contributed by atoms with E-state index in [0.717, 1.165) is 17.7 Å². The second-order valence-electron chi connectivity index (χ2n) is 5.80. The summed E-state index contributed by atoms with van der Waals surface area (Å²) in [5.74, 6) is -0.370. The number of rotatable bonds is 5. The Morgan fingerprint density at radius 1 is 1.08 bits per heavy atom. The van der Waals surface area contributed by atoms with Gasteiger partial charge in [-0.15, -0.1) is 11.3 Å². The second-order valence-corrected chi connectivity index (χ2v) is 7.55. The topological polar surface area (TPSA) is 70.2 Å². The van der Waals surface area contributed by atoms with Crippen LogP contribution in [0.2, 0.25) is 4.34 Å². The predicted molar refractivity (Wildman–Crippen MR) is 98.0 cm³/mol. The van der Waals surface area contributed by atoms with Gasteiger partial charge in [0, 0.05) is 22.3 Å². The molecule has 126 valence electrons. The van der Waals surface area contributed by atoms with Gasteiger partial charge in [-0.3, -0.25) is 4.79 Å². The zero-order chi connectivity index (χ0) is 17.1. The van der Waals surface area contributed by atoms with Crippen molar-refractivity contribution in [2.45, 2.75) is 31.7 Å². The van der Waals surface area contributed by atoms with Gasteiger partial charge in [0.2, 0.25) is 5.91 Å². The van der Waals surface area contributed by atoms with Crippen molar-refractivity contribution in [3.8, 4) is 0 Å². The number of halogens is 1. The summed E-state index contributed by atoms with van der Waals surface area (Å²) in [6.45, 7) is 1.84. The van der Waals surface area contributed by atoms with E-state index in [1.54, 1.807) is 30.3 Å². The quantitative estimate of drug-likeness (QED) is 0.735. The SMILES string of the molecule is CC(C(=O)Nc1ccc(NC(=O)NC2CC2)cc1)c1ccc(Cl)s1. The minimum atomic E-state index is -0.273. The number of nitrogens with one attached hydrogen (secondary N) is 3. The molecule has 0 saturated heterocycles. The van der Waals surface area contributed by atoms with Gasteiger partial charge >= 0.3 is 6.03 Å². The molecule has 7 heteroatoms. The molecule has 24 heavy (non-hydrogen) atoms. The number of benzene rings is 1. The summed E-state index contributed by atoms with van der Waals surface area (Å²) in [6.07, 6.45) is 2.10. The maximum atomic E-state index is 12.3. The van der Waals surface area contributed by atoms with Crippen molar-refractivity contribution in [3.05, 3.63) is 45.6 Å². The van der Waals surface area contributed by atoms with Crippen LogP contribution in [0, 0.1) is 0 Å². The van der Waals surface area contributed by atoms with E-state index in [0.29, 0.717) is 21.8 Å². The van der Waals surface area contributed by atoms with Crippen molar-refractivity contribution >= 4 is 46.3 Å². The molecular formula is C17H18ClN3O2S. The Kier molecular flexibility index (Phi) is 5.06. The molecule has 0 aliphatic heterocycles. The molecule has 1 atom stereocenters. The van der Waals surface area contributed by atoms with Crippen LogP contribution in [-0.4, -0.2) is 18.0 Å². The third kappa shape index (κ3) is 4.49. The Morgan fingerprint density at radius 3 is 2.25 bits per heavy atom.